The molecule has 3 aromatic heterocycles. The minimum atomic E-state index is -0.0645. The molecular formula is C24H28N4O2. The molecule has 1 fully saturated rings. The molecule has 30 heavy (non-hydrogen) atoms. The summed E-state index contributed by atoms with van der Waals surface area (Å²) in [5.74, 6) is 1.46. The molecule has 156 valence electrons. The van der Waals surface area contributed by atoms with Crippen LogP contribution in [0.5, 0.6) is 5.88 Å². The molecule has 0 aliphatic heterocycles. The van der Waals surface area contributed by atoms with Gasteiger partial charge in [-0.2, -0.15) is 0 Å². The Balaban J connectivity index is 1.40. The largest absolute Gasteiger partial charge is 0.481 e. The minimum absolute atomic E-state index is 0.0645. The van der Waals surface area contributed by atoms with Crippen molar-refractivity contribution < 1.29 is 9.53 Å². The van der Waals surface area contributed by atoms with Crippen molar-refractivity contribution in [3.63, 3.8) is 0 Å². The van der Waals surface area contributed by atoms with Gasteiger partial charge in [-0.1, -0.05) is 6.92 Å². The second-order valence-electron chi connectivity index (χ2n) is 7.96. The molecule has 0 unspecified atom stereocenters. The lowest BCUT2D eigenvalue weighted by Crippen LogP contribution is -2.41. The highest BCUT2D eigenvalue weighted by atomic mass is 16.5. The van der Waals surface area contributed by atoms with E-state index < -0.39 is 0 Å². The predicted molar refractivity (Wildman–Crippen MR) is 117 cm³/mol. The third-order valence-corrected chi connectivity index (χ3v) is 6.29. The van der Waals surface area contributed by atoms with Gasteiger partial charge in [-0.05, 0) is 73.8 Å². The Hall–Kier alpha value is -3.02. The first-order chi connectivity index (χ1) is 14.7. The number of fused-ring (bicyclic) bond motifs is 1. The van der Waals surface area contributed by atoms with Crippen molar-refractivity contribution in [2.24, 2.45) is 5.92 Å². The number of methoxy groups -OCH3 is 1. The first-order valence-electron chi connectivity index (χ1n) is 10.7. The Kier molecular flexibility index (Phi) is 6.21. The standard InChI is InChI=1S/C24H28N4O2/c1-3-21(28-24(29)18-10-11-22(30-2)27-15-18)17-8-6-16(7-9-17)19-12-14-26-23-20(19)5-4-13-25-23/h4-5,10-17,21H,3,6-9H2,1-2H3,(H,28,29)/t16-,17-,21-/m1/s1. The van der Waals surface area contributed by atoms with Crippen LogP contribution in [-0.4, -0.2) is 34.0 Å². The quantitative estimate of drug-likeness (QED) is 0.654. The SMILES string of the molecule is CC[C@@H](NC(=O)c1ccc(OC)nc1)[C@H]1CC[C@H](c2ccnc3ncccc32)CC1. The number of pyridine rings is 3. The molecule has 0 bridgehead atoms. The maximum absolute atomic E-state index is 12.7. The summed E-state index contributed by atoms with van der Waals surface area (Å²) in [7, 11) is 1.57. The van der Waals surface area contributed by atoms with Crippen molar-refractivity contribution in [3.8, 4) is 5.88 Å². The zero-order chi connectivity index (χ0) is 20.9. The first-order valence-corrected chi connectivity index (χ1v) is 10.7. The highest BCUT2D eigenvalue weighted by Gasteiger charge is 2.29. The first kappa shape index (κ1) is 20.3. The third kappa shape index (κ3) is 4.27. The van der Waals surface area contributed by atoms with Crippen LogP contribution in [-0.2, 0) is 0 Å². The molecule has 3 aromatic rings. The number of rotatable bonds is 6. The van der Waals surface area contributed by atoms with Gasteiger partial charge in [0.25, 0.3) is 5.91 Å². The van der Waals surface area contributed by atoms with Crippen LogP contribution in [0.25, 0.3) is 11.0 Å². The molecule has 0 saturated heterocycles. The highest BCUT2D eigenvalue weighted by molar-refractivity contribution is 5.94. The van der Waals surface area contributed by atoms with Gasteiger partial charge >= 0.3 is 0 Å². The molecule has 0 radical (unpaired) electrons. The molecular weight excluding hydrogens is 376 g/mol. The van der Waals surface area contributed by atoms with Crippen LogP contribution in [0.15, 0.2) is 48.9 Å². The van der Waals surface area contributed by atoms with Gasteiger partial charge in [0.1, 0.15) is 0 Å². The monoisotopic (exact) mass is 404 g/mol. The summed E-state index contributed by atoms with van der Waals surface area (Å²) in [6.45, 7) is 2.14. The number of carbonyl (C=O) groups is 1. The van der Waals surface area contributed by atoms with Crippen molar-refractivity contribution in [2.45, 2.75) is 51.0 Å². The summed E-state index contributed by atoms with van der Waals surface area (Å²) in [6.07, 6.45) is 10.6. The van der Waals surface area contributed by atoms with Gasteiger partial charge in [0.05, 0.1) is 12.7 Å². The molecule has 6 heteroatoms. The maximum atomic E-state index is 12.7. The van der Waals surface area contributed by atoms with E-state index in [4.69, 9.17) is 4.74 Å². The molecule has 1 N–H and O–H groups in total. The van der Waals surface area contributed by atoms with E-state index in [0.29, 0.717) is 23.3 Å². The zero-order valence-corrected chi connectivity index (χ0v) is 17.5. The Morgan fingerprint density at radius 2 is 1.90 bits per heavy atom. The minimum Gasteiger partial charge on any atom is -0.481 e. The van der Waals surface area contributed by atoms with Crippen LogP contribution in [0.4, 0.5) is 0 Å². The lowest BCUT2D eigenvalue weighted by molar-refractivity contribution is 0.0909. The van der Waals surface area contributed by atoms with Crippen LogP contribution in [0.1, 0.15) is 60.9 Å². The normalized spacial score (nSPS) is 19.9. The number of hydrogen-bond donors (Lipinski definition) is 1. The smallest absolute Gasteiger partial charge is 0.253 e. The van der Waals surface area contributed by atoms with Crippen LogP contribution >= 0.6 is 0 Å². The van der Waals surface area contributed by atoms with Crippen molar-refractivity contribution >= 4 is 16.9 Å². The van der Waals surface area contributed by atoms with Crippen LogP contribution in [0, 0.1) is 5.92 Å². The summed E-state index contributed by atoms with van der Waals surface area (Å²) in [6, 6.07) is 9.90. The van der Waals surface area contributed by atoms with E-state index in [-0.39, 0.29) is 11.9 Å². The van der Waals surface area contributed by atoms with Crippen LogP contribution < -0.4 is 10.1 Å². The number of amides is 1. The van der Waals surface area contributed by atoms with Gasteiger partial charge in [-0.25, -0.2) is 15.0 Å². The van der Waals surface area contributed by atoms with Crippen molar-refractivity contribution in [1.29, 1.82) is 0 Å². The van der Waals surface area contributed by atoms with Gasteiger partial charge in [-0.3, -0.25) is 4.79 Å². The average Bonchev–Trinajstić information content (AvgIpc) is 2.82. The Bertz CT molecular complexity index is 992. The zero-order valence-electron chi connectivity index (χ0n) is 17.5. The molecule has 1 aliphatic rings. The van der Waals surface area contributed by atoms with E-state index in [9.17, 15) is 4.79 Å². The van der Waals surface area contributed by atoms with E-state index in [1.807, 2.05) is 12.3 Å². The Morgan fingerprint density at radius 1 is 1.10 bits per heavy atom. The second kappa shape index (κ2) is 9.20. The van der Waals surface area contributed by atoms with E-state index in [2.05, 4.69) is 39.3 Å². The number of nitrogens with one attached hydrogen (secondary N) is 1. The fourth-order valence-electron chi connectivity index (χ4n) is 4.63. The summed E-state index contributed by atoms with van der Waals surface area (Å²) < 4.78 is 5.07. The second-order valence-corrected chi connectivity index (χ2v) is 7.96. The Labute approximate surface area is 177 Å². The van der Waals surface area contributed by atoms with E-state index in [0.717, 1.165) is 43.1 Å². The summed E-state index contributed by atoms with van der Waals surface area (Å²) >= 11 is 0. The van der Waals surface area contributed by atoms with Crippen LogP contribution in [0.3, 0.4) is 0 Å². The molecule has 0 aromatic carbocycles. The molecule has 1 aliphatic carbocycles. The molecule has 1 atom stereocenters. The van der Waals surface area contributed by atoms with Gasteiger partial charge in [0, 0.05) is 36.1 Å². The number of aromatic nitrogens is 3. The number of carbonyl (C=O) groups excluding carboxylic acids is 1. The average molecular weight is 405 g/mol. The third-order valence-electron chi connectivity index (χ3n) is 6.29. The highest BCUT2D eigenvalue weighted by Crippen LogP contribution is 2.39. The van der Waals surface area contributed by atoms with E-state index >= 15 is 0 Å². The lowest BCUT2D eigenvalue weighted by atomic mass is 9.75. The van der Waals surface area contributed by atoms with Crippen molar-refractivity contribution in [2.75, 3.05) is 7.11 Å². The molecule has 4 rings (SSSR count). The van der Waals surface area contributed by atoms with Gasteiger partial charge in [-0.15, -0.1) is 0 Å². The fourth-order valence-corrected chi connectivity index (χ4v) is 4.63. The topological polar surface area (TPSA) is 77.0 Å². The van der Waals surface area contributed by atoms with Crippen molar-refractivity contribution in [1.82, 2.24) is 20.3 Å². The molecule has 6 nitrogen and oxygen atoms in total. The summed E-state index contributed by atoms with van der Waals surface area (Å²) in [5, 5.41) is 4.40. The molecule has 1 amide bonds. The molecule has 1 saturated carbocycles. The fraction of sp³-hybridized carbons (Fsp3) is 0.417. The van der Waals surface area contributed by atoms with E-state index in [1.54, 1.807) is 31.6 Å². The Morgan fingerprint density at radius 3 is 2.60 bits per heavy atom. The molecule has 3 heterocycles. The predicted octanol–water partition coefficient (Wildman–Crippen LogP) is 4.52. The van der Waals surface area contributed by atoms with Gasteiger partial charge in [0.15, 0.2) is 5.65 Å². The number of ether oxygens (including phenoxy) is 1. The maximum Gasteiger partial charge on any atom is 0.253 e. The van der Waals surface area contributed by atoms with E-state index in [1.165, 1.54) is 5.56 Å². The summed E-state index contributed by atoms with van der Waals surface area (Å²) in [5.41, 5.74) is 2.75. The van der Waals surface area contributed by atoms with Gasteiger partial charge < -0.3 is 10.1 Å². The summed E-state index contributed by atoms with van der Waals surface area (Å²) in [4.78, 5) is 25.6. The number of nitrogens with zero attached hydrogens (tertiary/aromatic N) is 3. The number of hydrogen-bond acceptors (Lipinski definition) is 5. The van der Waals surface area contributed by atoms with Crippen molar-refractivity contribution in [3.05, 3.63) is 60.0 Å². The lowest BCUT2D eigenvalue weighted by Gasteiger charge is -2.34. The van der Waals surface area contributed by atoms with Gasteiger partial charge in [0.2, 0.25) is 5.88 Å². The van der Waals surface area contributed by atoms with Crippen LogP contribution in [0.2, 0.25) is 0 Å². The molecule has 0 spiro atoms.